The van der Waals surface area contributed by atoms with Crippen LogP contribution in [0.2, 0.25) is 0 Å². The molecule has 7 nitrogen and oxygen atoms in total. The van der Waals surface area contributed by atoms with Crippen LogP contribution in [-0.2, 0) is 9.47 Å². The topological polar surface area (TPSA) is 97.9 Å². The van der Waals surface area contributed by atoms with E-state index in [0.29, 0.717) is 17.8 Å². The van der Waals surface area contributed by atoms with Gasteiger partial charge in [0, 0.05) is 31.1 Å². The predicted octanol–water partition coefficient (Wildman–Crippen LogP) is 5.75. The molecule has 3 N–H and O–H groups in total. The monoisotopic (exact) mass is 525 g/mol. The number of fused-ring (bicyclic) bond motifs is 1. The van der Waals surface area contributed by atoms with Gasteiger partial charge < -0.3 is 24.0 Å². The SMILES string of the molecule is C=c1oc(C(=N)OC)c/c1=C(/C)OCCCN1CC=C(c2ccc3occc3c2)CC1.CC.CCC.CN. The quantitative estimate of drug-likeness (QED) is 0.232. The number of benzene rings is 1. The second-order valence-electron chi connectivity index (χ2n) is 8.40. The Kier molecular flexibility index (Phi) is 15.5. The minimum absolute atomic E-state index is 0.0221. The van der Waals surface area contributed by atoms with Gasteiger partial charge in [0.2, 0.25) is 5.90 Å². The van der Waals surface area contributed by atoms with Gasteiger partial charge in [-0.3, -0.25) is 10.3 Å². The number of hydrogen-bond donors (Lipinski definition) is 2. The Morgan fingerprint density at radius 2 is 1.87 bits per heavy atom. The van der Waals surface area contributed by atoms with E-state index < -0.39 is 0 Å². The number of nitrogens with two attached hydrogens (primary N) is 1. The largest absolute Gasteiger partial charge is 0.497 e. The fourth-order valence-electron chi connectivity index (χ4n) is 3.87. The maximum Gasteiger partial charge on any atom is 0.249 e. The van der Waals surface area contributed by atoms with Crippen molar-refractivity contribution in [3.05, 3.63) is 64.6 Å². The molecule has 7 heteroatoms. The summed E-state index contributed by atoms with van der Waals surface area (Å²) < 4.78 is 21.7. The van der Waals surface area contributed by atoms with Crippen LogP contribution in [0, 0.1) is 5.41 Å². The maximum atomic E-state index is 7.70. The molecule has 1 aliphatic rings. The fourth-order valence-corrected chi connectivity index (χ4v) is 3.87. The lowest BCUT2D eigenvalue weighted by Crippen LogP contribution is -2.30. The van der Waals surface area contributed by atoms with Gasteiger partial charge in [0.1, 0.15) is 16.8 Å². The van der Waals surface area contributed by atoms with Crippen LogP contribution in [0.25, 0.3) is 28.9 Å². The van der Waals surface area contributed by atoms with E-state index in [4.69, 9.17) is 23.7 Å². The highest BCUT2D eigenvalue weighted by Gasteiger charge is 2.14. The van der Waals surface area contributed by atoms with Crippen LogP contribution in [0.4, 0.5) is 0 Å². The van der Waals surface area contributed by atoms with Gasteiger partial charge in [-0.15, -0.1) is 0 Å². The van der Waals surface area contributed by atoms with Gasteiger partial charge in [0.05, 0.1) is 25.2 Å². The van der Waals surface area contributed by atoms with Gasteiger partial charge in [-0.2, -0.15) is 0 Å². The molecule has 0 bridgehead atoms. The smallest absolute Gasteiger partial charge is 0.249 e. The molecule has 38 heavy (non-hydrogen) atoms. The lowest BCUT2D eigenvalue weighted by molar-refractivity contribution is 0.224. The Morgan fingerprint density at radius 3 is 2.50 bits per heavy atom. The van der Waals surface area contributed by atoms with Crippen LogP contribution >= 0.6 is 0 Å². The third kappa shape index (κ3) is 9.54. The van der Waals surface area contributed by atoms with Crippen molar-refractivity contribution in [3.8, 4) is 0 Å². The van der Waals surface area contributed by atoms with Crippen LogP contribution in [-0.4, -0.2) is 51.2 Å². The Morgan fingerprint density at radius 1 is 1.16 bits per heavy atom. The van der Waals surface area contributed by atoms with Crippen LogP contribution in [0.1, 0.15) is 65.2 Å². The molecule has 4 rings (SSSR count). The molecule has 0 fully saturated rings. The van der Waals surface area contributed by atoms with E-state index in [-0.39, 0.29) is 5.90 Å². The summed E-state index contributed by atoms with van der Waals surface area (Å²) in [4.78, 5) is 2.45. The number of nitrogens with zero attached hydrogens (tertiary/aromatic N) is 1. The summed E-state index contributed by atoms with van der Waals surface area (Å²) in [6, 6.07) is 10.1. The minimum atomic E-state index is -0.0221. The maximum absolute atomic E-state index is 7.70. The summed E-state index contributed by atoms with van der Waals surface area (Å²) in [6.45, 7) is 17.6. The Balaban J connectivity index is 0.000000944. The first-order valence-electron chi connectivity index (χ1n) is 13.5. The van der Waals surface area contributed by atoms with Crippen molar-refractivity contribution in [3.63, 3.8) is 0 Å². The average Bonchev–Trinajstić information content (AvgIpc) is 3.59. The summed E-state index contributed by atoms with van der Waals surface area (Å²) in [6.07, 6.45) is 7.30. The number of furan rings is 2. The predicted molar refractivity (Wildman–Crippen MR) is 160 cm³/mol. The zero-order chi connectivity index (χ0) is 28.5. The summed E-state index contributed by atoms with van der Waals surface area (Å²) in [5.74, 6) is 1.08. The van der Waals surface area contributed by atoms with Crippen molar-refractivity contribution < 1.29 is 18.3 Å². The standard InChI is InChI=1S/C25H28N2O4.C3H8.C2H6.CH5N/c1-17(22-16-24(25(26)28-3)31-18(22)2)29-13-4-10-27-11-7-19(8-12-27)20-5-6-23-21(15-20)9-14-30-23;1-3-2;2*1-2/h5-7,9,14-16,26H,2,4,8,10-13H2,1,3H3;3H2,1-2H3;1-2H3;2H2,1H3/b22-17+,26-25?;;;. The molecule has 2 aromatic heterocycles. The third-order valence-corrected chi connectivity index (χ3v) is 5.67. The van der Waals surface area contributed by atoms with E-state index in [1.54, 1.807) is 12.3 Å². The summed E-state index contributed by atoms with van der Waals surface area (Å²) in [5, 5.41) is 9.63. The second kappa shape index (κ2) is 18.0. The molecule has 0 amide bonds. The Hall–Kier alpha value is -3.29. The van der Waals surface area contributed by atoms with Crippen LogP contribution in [0.15, 0.2) is 51.5 Å². The number of methoxy groups -OCH3 is 1. The minimum Gasteiger partial charge on any atom is -0.497 e. The molecule has 0 aliphatic carbocycles. The molecular formula is C31H47N3O4. The van der Waals surface area contributed by atoms with Gasteiger partial charge in [0.15, 0.2) is 5.76 Å². The lowest BCUT2D eigenvalue weighted by Gasteiger charge is -2.26. The van der Waals surface area contributed by atoms with E-state index in [1.807, 2.05) is 32.9 Å². The molecule has 0 saturated heterocycles. The lowest BCUT2D eigenvalue weighted by atomic mass is 9.98. The van der Waals surface area contributed by atoms with E-state index in [2.05, 4.69) is 49.3 Å². The number of ether oxygens (including phenoxy) is 2. The van der Waals surface area contributed by atoms with Gasteiger partial charge in [-0.25, -0.2) is 0 Å². The van der Waals surface area contributed by atoms with Crippen molar-refractivity contribution >= 4 is 34.8 Å². The molecule has 3 heterocycles. The third-order valence-electron chi connectivity index (χ3n) is 5.67. The number of hydrogen-bond acceptors (Lipinski definition) is 7. The average molecular weight is 526 g/mol. The highest BCUT2D eigenvalue weighted by atomic mass is 16.5. The van der Waals surface area contributed by atoms with Crippen molar-refractivity contribution in [2.24, 2.45) is 5.73 Å². The zero-order valence-electron chi connectivity index (χ0n) is 24.4. The van der Waals surface area contributed by atoms with Crippen LogP contribution in [0.3, 0.4) is 0 Å². The molecular weight excluding hydrogens is 478 g/mol. The first-order chi connectivity index (χ1) is 18.5. The molecule has 1 aromatic carbocycles. The van der Waals surface area contributed by atoms with E-state index >= 15 is 0 Å². The molecule has 0 spiro atoms. The van der Waals surface area contributed by atoms with Gasteiger partial charge >= 0.3 is 0 Å². The Bertz CT molecular complexity index is 1240. The summed E-state index contributed by atoms with van der Waals surface area (Å²) in [5.41, 5.74) is 8.60. The van der Waals surface area contributed by atoms with Gasteiger partial charge in [-0.1, -0.05) is 52.8 Å². The van der Waals surface area contributed by atoms with Crippen LogP contribution < -0.4 is 16.4 Å². The fraction of sp³-hybridized carbons (Fsp3) is 0.452. The zero-order valence-corrected chi connectivity index (χ0v) is 24.4. The van der Waals surface area contributed by atoms with Gasteiger partial charge in [-0.05, 0) is 56.1 Å². The van der Waals surface area contributed by atoms with Crippen LogP contribution in [0.5, 0.6) is 0 Å². The Labute approximate surface area is 228 Å². The molecule has 0 radical (unpaired) electrons. The molecule has 0 saturated carbocycles. The number of nitrogens with one attached hydrogen (secondary N) is 1. The van der Waals surface area contributed by atoms with Crippen molar-refractivity contribution in [2.75, 3.05) is 40.4 Å². The molecule has 210 valence electrons. The van der Waals surface area contributed by atoms with Crippen molar-refractivity contribution in [2.45, 2.75) is 53.9 Å². The first kappa shape index (κ1) is 32.7. The van der Waals surface area contributed by atoms with E-state index in [1.165, 1.54) is 31.7 Å². The molecule has 3 aromatic rings. The van der Waals surface area contributed by atoms with Crippen molar-refractivity contribution in [1.29, 1.82) is 5.41 Å². The molecule has 0 atom stereocenters. The summed E-state index contributed by atoms with van der Waals surface area (Å²) in [7, 11) is 2.94. The number of rotatable bonds is 7. The molecule has 0 unspecified atom stereocenters. The first-order valence-corrected chi connectivity index (χ1v) is 13.5. The normalized spacial score (nSPS) is 13.5. The highest BCUT2D eigenvalue weighted by Crippen LogP contribution is 2.26. The molecule has 1 aliphatic heterocycles. The van der Waals surface area contributed by atoms with Crippen molar-refractivity contribution in [1.82, 2.24) is 4.90 Å². The highest BCUT2D eigenvalue weighted by molar-refractivity contribution is 5.88. The van der Waals surface area contributed by atoms with E-state index in [9.17, 15) is 0 Å². The summed E-state index contributed by atoms with van der Waals surface area (Å²) >= 11 is 0. The second-order valence-corrected chi connectivity index (χ2v) is 8.40. The van der Waals surface area contributed by atoms with Gasteiger partial charge in [0.25, 0.3) is 0 Å². The van der Waals surface area contributed by atoms with E-state index in [0.717, 1.165) is 54.4 Å².